The molecule has 3 N–H and O–H groups in total. The van der Waals surface area contributed by atoms with Crippen LogP contribution < -0.4 is 11.1 Å². The standard InChI is InChI=1S/C13H15FN2S/c1-9(8-10-4-3-7-17-10)16-13-11(14)5-2-6-12(13)15/h2-7,9,16H,8,15H2,1H3. The lowest BCUT2D eigenvalue weighted by Gasteiger charge is -2.16. The summed E-state index contributed by atoms with van der Waals surface area (Å²) in [5.74, 6) is -0.303. The van der Waals surface area contributed by atoms with E-state index in [1.165, 1.54) is 10.9 Å². The van der Waals surface area contributed by atoms with Crippen LogP contribution in [0.15, 0.2) is 35.7 Å². The van der Waals surface area contributed by atoms with E-state index < -0.39 is 0 Å². The van der Waals surface area contributed by atoms with Gasteiger partial charge in [-0.15, -0.1) is 11.3 Å². The normalized spacial score (nSPS) is 12.4. The number of nitrogens with two attached hydrogens (primary N) is 1. The van der Waals surface area contributed by atoms with Crippen molar-refractivity contribution >= 4 is 22.7 Å². The smallest absolute Gasteiger partial charge is 0.148 e. The summed E-state index contributed by atoms with van der Waals surface area (Å²) in [5, 5.41) is 5.16. The van der Waals surface area contributed by atoms with Gasteiger partial charge in [0.15, 0.2) is 0 Å². The number of para-hydroxylation sites is 1. The third kappa shape index (κ3) is 2.97. The molecule has 1 aromatic heterocycles. The number of anilines is 2. The molecule has 0 spiro atoms. The van der Waals surface area contributed by atoms with E-state index in [9.17, 15) is 4.39 Å². The maximum atomic E-state index is 13.5. The van der Waals surface area contributed by atoms with Crippen LogP contribution in [0.5, 0.6) is 0 Å². The summed E-state index contributed by atoms with van der Waals surface area (Å²) < 4.78 is 13.5. The van der Waals surface area contributed by atoms with Crippen molar-refractivity contribution in [3.05, 3.63) is 46.4 Å². The molecule has 1 aromatic carbocycles. The summed E-state index contributed by atoms with van der Waals surface area (Å²) in [6, 6.07) is 8.96. The Morgan fingerprint density at radius 1 is 1.35 bits per heavy atom. The van der Waals surface area contributed by atoms with E-state index in [4.69, 9.17) is 5.73 Å². The van der Waals surface area contributed by atoms with Crippen molar-refractivity contribution in [2.24, 2.45) is 0 Å². The van der Waals surface area contributed by atoms with Crippen LogP contribution in [0.25, 0.3) is 0 Å². The fourth-order valence-electron chi connectivity index (χ4n) is 1.72. The highest BCUT2D eigenvalue weighted by Crippen LogP contribution is 2.23. The lowest BCUT2D eigenvalue weighted by Crippen LogP contribution is -2.19. The molecule has 2 rings (SSSR count). The SMILES string of the molecule is CC(Cc1cccs1)Nc1c(N)cccc1F. The first-order valence-corrected chi connectivity index (χ1v) is 6.37. The molecule has 0 saturated heterocycles. The summed E-state index contributed by atoms with van der Waals surface area (Å²) in [6.07, 6.45) is 0.867. The van der Waals surface area contributed by atoms with Gasteiger partial charge in [-0.2, -0.15) is 0 Å². The quantitative estimate of drug-likeness (QED) is 0.815. The van der Waals surface area contributed by atoms with Crippen molar-refractivity contribution in [2.45, 2.75) is 19.4 Å². The van der Waals surface area contributed by atoms with Gasteiger partial charge in [-0.3, -0.25) is 0 Å². The molecule has 0 aliphatic carbocycles. The van der Waals surface area contributed by atoms with Crippen LogP contribution in [0.1, 0.15) is 11.8 Å². The minimum absolute atomic E-state index is 0.146. The molecule has 1 unspecified atom stereocenters. The number of halogens is 1. The summed E-state index contributed by atoms with van der Waals surface area (Å²) in [5.41, 5.74) is 6.59. The van der Waals surface area contributed by atoms with Crippen LogP contribution >= 0.6 is 11.3 Å². The molecular formula is C13H15FN2S. The average molecular weight is 250 g/mol. The largest absolute Gasteiger partial charge is 0.397 e. The summed E-state index contributed by atoms with van der Waals surface area (Å²) >= 11 is 1.71. The third-order valence-corrected chi connectivity index (χ3v) is 3.42. The number of rotatable bonds is 4. The molecule has 1 heterocycles. The Hall–Kier alpha value is -1.55. The predicted molar refractivity (Wildman–Crippen MR) is 71.9 cm³/mol. The van der Waals surface area contributed by atoms with E-state index >= 15 is 0 Å². The van der Waals surface area contributed by atoms with E-state index in [0.29, 0.717) is 11.4 Å². The molecule has 0 fully saturated rings. The Morgan fingerprint density at radius 3 is 2.82 bits per heavy atom. The van der Waals surface area contributed by atoms with Gasteiger partial charge >= 0.3 is 0 Å². The molecule has 0 amide bonds. The Labute approximate surface area is 104 Å². The molecule has 0 radical (unpaired) electrons. The van der Waals surface area contributed by atoms with Crippen molar-refractivity contribution in [3.63, 3.8) is 0 Å². The molecule has 2 nitrogen and oxygen atoms in total. The Bertz CT molecular complexity index is 462. The molecule has 0 aliphatic rings. The van der Waals surface area contributed by atoms with Gasteiger partial charge in [-0.1, -0.05) is 12.1 Å². The van der Waals surface area contributed by atoms with Crippen molar-refractivity contribution in [1.29, 1.82) is 0 Å². The average Bonchev–Trinajstić information content (AvgIpc) is 2.76. The monoisotopic (exact) mass is 250 g/mol. The number of hydrogen-bond donors (Lipinski definition) is 2. The van der Waals surface area contributed by atoms with Crippen LogP contribution in [0.2, 0.25) is 0 Å². The van der Waals surface area contributed by atoms with Crippen LogP contribution in [0.4, 0.5) is 15.8 Å². The highest BCUT2D eigenvalue weighted by atomic mass is 32.1. The minimum atomic E-state index is -0.303. The zero-order chi connectivity index (χ0) is 12.3. The Balaban J connectivity index is 2.05. The molecule has 0 aliphatic heterocycles. The summed E-state index contributed by atoms with van der Waals surface area (Å²) in [6.45, 7) is 2.02. The van der Waals surface area contributed by atoms with Crippen LogP contribution in [-0.4, -0.2) is 6.04 Å². The zero-order valence-corrected chi connectivity index (χ0v) is 10.4. The van der Waals surface area contributed by atoms with Crippen LogP contribution in [0.3, 0.4) is 0 Å². The molecule has 0 bridgehead atoms. The lowest BCUT2D eigenvalue weighted by atomic mass is 10.2. The molecule has 90 valence electrons. The van der Waals surface area contributed by atoms with Gasteiger partial charge in [-0.25, -0.2) is 4.39 Å². The Kier molecular flexibility index (Phi) is 3.64. The number of thiophene rings is 1. The zero-order valence-electron chi connectivity index (χ0n) is 9.61. The summed E-state index contributed by atoms with van der Waals surface area (Å²) in [7, 11) is 0. The fraction of sp³-hybridized carbons (Fsp3) is 0.231. The van der Waals surface area contributed by atoms with E-state index in [0.717, 1.165) is 6.42 Å². The molecule has 4 heteroatoms. The van der Waals surface area contributed by atoms with Crippen molar-refractivity contribution in [2.75, 3.05) is 11.1 Å². The van der Waals surface area contributed by atoms with Gasteiger partial charge in [0, 0.05) is 17.3 Å². The second-order valence-corrected chi connectivity index (χ2v) is 5.07. The van der Waals surface area contributed by atoms with Gasteiger partial charge in [0.2, 0.25) is 0 Å². The van der Waals surface area contributed by atoms with Crippen LogP contribution in [0, 0.1) is 5.82 Å². The predicted octanol–water partition coefficient (Wildman–Crippen LogP) is 3.51. The molecule has 2 aromatic rings. The lowest BCUT2D eigenvalue weighted by molar-refractivity contribution is 0.627. The second kappa shape index (κ2) is 5.19. The highest BCUT2D eigenvalue weighted by molar-refractivity contribution is 7.09. The maximum absolute atomic E-state index is 13.5. The van der Waals surface area contributed by atoms with Gasteiger partial charge in [-0.05, 0) is 30.5 Å². The minimum Gasteiger partial charge on any atom is -0.397 e. The van der Waals surface area contributed by atoms with Crippen molar-refractivity contribution in [3.8, 4) is 0 Å². The number of benzene rings is 1. The first-order chi connectivity index (χ1) is 8.16. The van der Waals surface area contributed by atoms with E-state index in [2.05, 4.69) is 11.4 Å². The first-order valence-electron chi connectivity index (χ1n) is 5.49. The van der Waals surface area contributed by atoms with Crippen molar-refractivity contribution < 1.29 is 4.39 Å². The van der Waals surface area contributed by atoms with E-state index in [1.54, 1.807) is 23.5 Å². The fourth-order valence-corrected chi connectivity index (χ4v) is 2.56. The number of nitrogen functional groups attached to an aromatic ring is 1. The molecular weight excluding hydrogens is 235 g/mol. The van der Waals surface area contributed by atoms with Gasteiger partial charge in [0.05, 0.1) is 11.4 Å². The van der Waals surface area contributed by atoms with Crippen molar-refractivity contribution in [1.82, 2.24) is 0 Å². The number of hydrogen-bond acceptors (Lipinski definition) is 3. The van der Waals surface area contributed by atoms with Crippen LogP contribution in [-0.2, 0) is 6.42 Å². The number of nitrogens with one attached hydrogen (secondary N) is 1. The first kappa shape index (κ1) is 11.9. The molecule has 0 saturated carbocycles. The highest BCUT2D eigenvalue weighted by Gasteiger charge is 2.10. The summed E-state index contributed by atoms with van der Waals surface area (Å²) in [4.78, 5) is 1.28. The molecule has 17 heavy (non-hydrogen) atoms. The maximum Gasteiger partial charge on any atom is 0.148 e. The van der Waals surface area contributed by atoms with E-state index in [-0.39, 0.29) is 11.9 Å². The Morgan fingerprint density at radius 2 is 2.18 bits per heavy atom. The van der Waals surface area contributed by atoms with Gasteiger partial charge in [0.25, 0.3) is 0 Å². The third-order valence-electron chi connectivity index (χ3n) is 2.52. The van der Waals surface area contributed by atoms with Gasteiger partial charge in [0.1, 0.15) is 5.82 Å². The second-order valence-electron chi connectivity index (χ2n) is 4.03. The topological polar surface area (TPSA) is 38.0 Å². The van der Waals surface area contributed by atoms with Gasteiger partial charge < -0.3 is 11.1 Å². The molecule has 1 atom stereocenters. The van der Waals surface area contributed by atoms with E-state index in [1.807, 2.05) is 18.4 Å².